The molecule has 4 nitrogen and oxygen atoms in total. The minimum absolute atomic E-state index is 0.00329. The number of halogens is 1. The molecule has 0 amide bonds. The molecule has 0 spiro atoms. The molecule has 1 aromatic rings. The molecular weight excluding hydrogens is 221 g/mol. The van der Waals surface area contributed by atoms with Gasteiger partial charge < -0.3 is 10.2 Å². The van der Waals surface area contributed by atoms with Crippen LogP contribution >= 0.6 is 11.8 Å². The van der Waals surface area contributed by atoms with Gasteiger partial charge in [-0.15, -0.1) is 0 Å². The number of aromatic nitrogens is 1. The second-order valence-electron chi connectivity index (χ2n) is 2.89. The summed E-state index contributed by atoms with van der Waals surface area (Å²) >= 11 is 1.00. The van der Waals surface area contributed by atoms with Crippen molar-refractivity contribution in [2.24, 2.45) is 0 Å². The maximum absolute atomic E-state index is 13.5. The number of thioether (sulfide) groups is 1. The highest BCUT2D eigenvalue weighted by Crippen LogP contribution is 2.25. The van der Waals surface area contributed by atoms with Crippen LogP contribution in [0.15, 0.2) is 17.3 Å². The first-order valence-corrected chi connectivity index (χ1v) is 5.09. The number of carboxylic acid groups (broad SMARTS) is 1. The average Bonchev–Trinajstić information content (AvgIpc) is 2.20. The van der Waals surface area contributed by atoms with Crippen LogP contribution in [-0.2, 0) is 0 Å². The zero-order valence-corrected chi connectivity index (χ0v) is 8.79. The molecule has 1 heterocycles. The molecule has 0 saturated heterocycles. The predicted octanol–water partition coefficient (Wildman–Crippen LogP) is 1.39. The zero-order chi connectivity index (χ0) is 11.4. The van der Waals surface area contributed by atoms with Crippen LogP contribution < -0.4 is 0 Å². The first-order valence-electron chi connectivity index (χ1n) is 4.21. The van der Waals surface area contributed by atoms with E-state index in [1.165, 1.54) is 6.20 Å². The van der Waals surface area contributed by atoms with Crippen molar-refractivity contribution in [2.75, 3.05) is 6.61 Å². The van der Waals surface area contributed by atoms with Crippen molar-refractivity contribution >= 4 is 17.7 Å². The summed E-state index contributed by atoms with van der Waals surface area (Å²) in [6, 6.07) is 1.10. The van der Waals surface area contributed by atoms with Crippen LogP contribution in [0, 0.1) is 5.82 Å². The lowest BCUT2D eigenvalue weighted by Crippen LogP contribution is -2.07. The number of pyridine rings is 1. The summed E-state index contributed by atoms with van der Waals surface area (Å²) in [6.45, 7) is 1.57. The fourth-order valence-corrected chi connectivity index (χ4v) is 1.69. The molecular formula is C9H10FNO3S. The lowest BCUT2D eigenvalue weighted by molar-refractivity contribution is 0.0691. The van der Waals surface area contributed by atoms with Gasteiger partial charge in [-0.2, -0.15) is 0 Å². The molecule has 2 N–H and O–H groups in total. The smallest absolute Gasteiger partial charge is 0.338 e. The third-order valence-electron chi connectivity index (χ3n) is 1.66. The Morgan fingerprint density at radius 3 is 2.93 bits per heavy atom. The molecule has 0 radical (unpaired) electrons. The first kappa shape index (κ1) is 11.9. The molecule has 0 saturated carbocycles. The molecule has 0 fully saturated rings. The van der Waals surface area contributed by atoms with Gasteiger partial charge in [0.05, 0.1) is 12.2 Å². The van der Waals surface area contributed by atoms with Gasteiger partial charge >= 0.3 is 5.97 Å². The van der Waals surface area contributed by atoms with Crippen molar-refractivity contribution in [3.8, 4) is 0 Å². The summed E-state index contributed by atoms with van der Waals surface area (Å²) in [5.74, 6) is -2.18. The van der Waals surface area contributed by atoms with Gasteiger partial charge in [0, 0.05) is 11.4 Å². The Balaban J connectivity index is 2.99. The topological polar surface area (TPSA) is 70.4 Å². The van der Waals surface area contributed by atoms with Gasteiger partial charge in [0.1, 0.15) is 5.03 Å². The second-order valence-corrected chi connectivity index (χ2v) is 4.32. The molecule has 0 aliphatic heterocycles. The van der Waals surface area contributed by atoms with Gasteiger partial charge in [-0.1, -0.05) is 18.7 Å². The molecule has 0 aliphatic carbocycles. The lowest BCUT2D eigenvalue weighted by Gasteiger charge is -2.08. The number of aliphatic hydroxyl groups is 1. The van der Waals surface area contributed by atoms with Crippen LogP contribution in [0.1, 0.15) is 17.3 Å². The third kappa shape index (κ3) is 2.90. The number of aliphatic hydroxyl groups excluding tert-OH is 1. The fraction of sp³-hybridized carbons (Fsp3) is 0.333. The summed E-state index contributed by atoms with van der Waals surface area (Å²) in [4.78, 5) is 14.3. The van der Waals surface area contributed by atoms with Crippen molar-refractivity contribution in [2.45, 2.75) is 17.2 Å². The van der Waals surface area contributed by atoms with E-state index in [4.69, 9.17) is 10.2 Å². The molecule has 0 bridgehead atoms. The van der Waals surface area contributed by atoms with Crippen molar-refractivity contribution in [1.82, 2.24) is 4.98 Å². The van der Waals surface area contributed by atoms with Gasteiger partial charge in [-0.25, -0.2) is 14.2 Å². The summed E-state index contributed by atoms with van der Waals surface area (Å²) in [5, 5.41) is 17.2. The largest absolute Gasteiger partial charge is 0.478 e. The van der Waals surface area contributed by atoms with Crippen LogP contribution in [-0.4, -0.2) is 33.0 Å². The molecule has 0 aromatic carbocycles. The number of aromatic carboxylic acids is 1. The molecule has 1 rings (SSSR count). The Labute approximate surface area is 90.1 Å². The summed E-state index contributed by atoms with van der Waals surface area (Å²) in [6.07, 6.45) is 1.24. The Morgan fingerprint density at radius 1 is 1.73 bits per heavy atom. The van der Waals surface area contributed by atoms with Gasteiger partial charge in [-0.3, -0.25) is 0 Å². The van der Waals surface area contributed by atoms with Gasteiger partial charge in [0.25, 0.3) is 0 Å². The maximum atomic E-state index is 13.5. The Kier molecular flexibility index (Phi) is 4.05. The summed E-state index contributed by atoms with van der Waals surface area (Å²) in [7, 11) is 0. The highest BCUT2D eigenvalue weighted by Gasteiger charge is 2.16. The van der Waals surface area contributed by atoms with E-state index in [9.17, 15) is 9.18 Å². The lowest BCUT2D eigenvalue weighted by atomic mass is 10.3. The number of carboxylic acids is 1. The van der Waals surface area contributed by atoms with Crippen LogP contribution in [0.5, 0.6) is 0 Å². The van der Waals surface area contributed by atoms with E-state index >= 15 is 0 Å². The standard InChI is InChI=1S/C9H10FNO3S/c1-5(4-12)15-8-7(10)6(9(13)14)2-3-11-8/h2-3,5,12H,4H2,1H3,(H,13,14). The van der Waals surface area contributed by atoms with Crippen molar-refractivity contribution in [3.63, 3.8) is 0 Å². The molecule has 1 aromatic heterocycles. The number of rotatable bonds is 4. The molecule has 82 valence electrons. The summed E-state index contributed by atoms with van der Waals surface area (Å²) < 4.78 is 13.5. The van der Waals surface area contributed by atoms with E-state index in [1.54, 1.807) is 6.92 Å². The van der Waals surface area contributed by atoms with Crippen molar-refractivity contribution in [3.05, 3.63) is 23.6 Å². The highest BCUT2D eigenvalue weighted by molar-refractivity contribution is 7.99. The number of carbonyl (C=O) groups is 1. The van der Waals surface area contributed by atoms with E-state index in [0.717, 1.165) is 17.8 Å². The molecule has 6 heteroatoms. The highest BCUT2D eigenvalue weighted by atomic mass is 32.2. The molecule has 1 atom stereocenters. The summed E-state index contributed by atoms with van der Waals surface area (Å²) in [5.41, 5.74) is -0.405. The quantitative estimate of drug-likeness (QED) is 0.766. The minimum atomic E-state index is -1.33. The van der Waals surface area contributed by atoms with Crippen LogP contribution in [0.2, 0.25) is 0 Å². The second kappa shape index (κ2) is 5.09. The molecule has 15 heavy (non-hydrogen) atoms. The predicted molar refractivity (Wildman–Crippen MR) is 53.6 cm³/mol. The zero-order valence-electron chi connectivity index (χ0n) is 7.98. The van der Waals surface area contributed by atoms with Crippen molar-refractivity contribution in [1.29, 1.82) is 0 Å². The van der Waals surface area contributed by atoms with E-state index in [0.29, 0.717) is 0 Å². The Morgan fingerprint density at radius 2 is 2.40 bits per heavy atom. The van der Waals surface area contributed by atoms with Gasteiger partial charge in [-0.05, 0) is 6.07 Å². The SMILES string of the molecule is CC(CO)Sc1nccc(C(=O)O)c1F. The Hall–Kier alpha value is -1.14. The normalized spacial score (nSPS) is 12.5. The minimum Gasteiger partial charge on any atom is -0.478 e. The Bertz CT molecular complexity index is 372. The molecule has 1 unspecified atom stereocenters. The first-order chi connectivity index (χ1) is 7.06. The average molecular weight is 231 g/mol. The van der Waals surface area contributed by atoms with E-state index in [1.807, 2.05) is 0 Å². The van der Waals surface area contributed by atoms with Crippen LogP contribution in [0.4, 0.5) is 4.39 Å². The van der Waals surface area contributed by atoms with Crippen LogP contribution in [0.25, 0.3) is 0 Å². The fourth-order valence-electron chi connectivity index (χ4n) is 0.900. The van der Waals surface area contributed by atoms with E-state index in [-0.39, 0.29) is 16.9 Å². The number of nitrogens with zero attached hydrogens (tertiary/aromatic N) is 1. The number of hydrogen-bond acceptors (Lipinski definition) is 4. The monoisotopic (exact) mass is 231 g/mol. The van der Waals surface area contributed by atoms with Gasteiger partial charge in [0.2, 0.25) is 0 Å². The molecule has 0 aliphatic rings. The number of hydrogen-bond donors (Lipinski definition) is 2. The van der Waals surface area contributed by atoms with E-state index < -0.39 is 17.3 Å². The van der Waals surface area contributed by atoms with E-state index in [2.05, 4.69) is 4.98 Å². The van der Waals surface area contributed by atoms with Crippen molar-refractivity contribution < 1.29 is 19.4 Å². The van der Waals surface area contributed by atoms with Crippen LogP contribution in [0.3, 0.4) is 0 Å². The van der Waals surface area contributed by atoms with Gasteiger partial charge in [0.15, 0.2) is 5.82 Å². The third-order valence-corrected chi connectivity index (χ3v) is 2.72. The maximum Gasteiger partial charge on any atom is 0.338 e.